The molecular formula is C9H11F3O5S. The molecule has 0 spiro atoms. The minimum absolute atomic E-state index is 0.0604. The Morgan fingerprint density at radius 2 is 2.06 bits per heavy atom. The van der Waals surface area contributed by atoms with E-state index in [0.717, 1.165) is 6.08 Å². The number of allylic oxidation sites excluding steroid dienone is 2. The highest BCUT2D eigenvalue weighted by atomic mass is 32.2. The number of methoxy groups -OCH3 is 1. The van der Waals surface area contributed by atoms with Crippen molar-refractivity contribution in [2.45, 2.75) is 24.8 Å². The lowest BCUT2D eigenvalue weighted by Crippen LogP contribution is -2.26. The first kappa shape index (κ1) is 14.8. The Kier molecular flexibility index (Phi) is 4.25. The molecule has 0 aromatic rings. The maximum Gasteiger partial charge on any atom is 0.534 e. The number of halogens is 3. The summed E-state index contributed by atoms with van der Waals surface area (Å²) in [5.74, 6) is -1.26. The number of alkyl halides is 3. The van der Waals surface area contributed by atoms with Crippen LogP contribution in [0.3, 0.4) is 0 Å². The summed E-state index contributed by atoms with van der Waals surface area (Å²) < 4.78 is 66.0. The highest BCUT2D eigenvalue weighted by Gasteiger charge is 2.49. The Bertz CT molecular complexity index is 451. The van der Waals surface area contributed by atoms with Gasteiger partial charge in [0.25, 0.3) is 0 Å². The maximum absolute atomic E-state index is 12.0. The van der Waals surface area contributed by atoms with Crippen LogP contribution >= 0.6 is 0 Å². The predicted octanol–water partition coefficient (Wildman–Crippen LogP) is 1.71. The third kappa shape index (κ3) is 3.37. The van der Waals surface area contributed by atoms with Gasteiger partial charge in [0.15, 0.2) is 0 Å². The number of rotatable bonds is 3. The molecule has 104 valence electrons. The van der Waals surface area contributed by atoms with E-state index in [-0.39, 0.29) is 25.0 Å². The molecule has 0 radical (unpaired) electrons. The van der Waals surface area contributed by atoms with Crippen molar-refractivity contribution in [3.63, 3.8) is 0 Å². The van der Waals surface area contributed by atoms with E-state index in [4.69, 9.17) is 0 Å². The molecule has 0 amide bonds. The van der Waals surface area contributed by atoms with Crippen LogP contribution in [0.25, 0.3) is 0 Å². The summed E-state index contributed by atoms with van der Waals surface area (Å²) in [5, 5.41) is 0. The Labute approximate surface area is 102 Å². The number of hydrogen-bond donors (Lipinski definition) is 0. The first-order valence-corrected chi connectivity index (χ1v) is 6.36. The summed E-state index contributed by atoms with van der Waals surface area (Å²) in [6, 6.07) is 0. The van der Waals surface area contributed by atoms with Gasteiger partial charge < -0.3 is 8.92 Å². The highest BCUT2D eigenvalue weighted by molar-refractivity contribution is 7.87. The average Bonchev–Trinajstić information content (AvgIpc) is 2.27. The number of carbonyl (C=O) groups is 1. The molecule has 0 saturated carbocycles. The van der Waals surface area contributed by atoms with E-state index in [1.54, 1.807) is 0 Å². The average molecular weight is 288 g/mol. The van der Waals surface area contributed by atoms with Crippen molar-refractivity contribution in [1.82, 2.24) is 0 Å². The van der Waals surface area contributed by atoms with Crippen LogP contribution in [-0.2, 0) is 23.8 Å². The first-order chi connectivity index (χ1) is 8.17. The molecule has 1 rings (SSSR count). The molecule has 0 N–H and O–H groups in total. The summed E-state index contributed by atoms with van der Waals surface area (Å²) in [7, 11) is -4.42. The van der Waals surface area contributed by atoms with Crippen LogP contribution in [0.15, 0.2) is 11.8 Å². The molecular weight excluding hydrogens is 277 g/mol. The summed E-state index contributed by atoms with van der Waals surface area (Å²) in [5.41, 5.74) is -5.45. The van der Waals surface area contributed by atoms with Gasteiger partial charge in [0, 0.05) is 6.42 Å². The van der Waals surface area contributed by atoms with Crippen molar-refractivity contribution >= 4 is 16.1 Å². The number of ether oxygens (including phenoxy) is 1. The molecule has 0 aromatic carbocycles. The van der Waals surface area contributed by atoms with Crippen molar-refractivity contribution in [3.05, 3.63) is 11.8 Å². The number of carbonyl (C=O) groups excluding carboxylic acids is 1. The van der Waals surface area contributed by atoms with Gasteiger partial charge in [-0.3, -0.25) is 4.79 Å². The van der Waals surface area contributed by atoms with Crippen LogP contribution in [0.4, 0.5) is 13.2 Å². The van der Waals surface area contributed by atoms with Crippen molar-refractivity contribution in [2.75, 3.05) is 7.11 Å². The van der Waals surface area contributed by atoms with Gasteiger partial charge in [-0.2, -0.15) is 21.6 Å². The molecule has 1 aliphatic rings. The Balaban J connectivity index is 2.68. The Morgan fingerprint density at radius 3 is 2.44 bits per heavy atom. The molecule has 0 unspecified atom stereocenters. The smallest absolute Gasteiger partial charge is 0.469 e. The molecule has 5 nitrogen and oxygen atoms in total. The fourth-order valence-electron chi connectivity index (χ4n) is 1.45. The van der Waals surface area contributed by atoms with E-state index in [2.05, 4.69) is 8.92 Å². The lowest BCUT2D eigenvalue weighted by Gasteiger charge is -2.20. The minimum atomic E-state index is -5.63. The molecule has 0 aliphatic heterocycles. The Morgan fingerprint density at radius 1 is 1.44 bits per heavy atom. The van der Waals surface area contributed by atoms with Gasteiger partial charge in [0.1, 0.15) is 5.76 Å². The minimum Gasteiger partial charge on any atom is -0.469 e. The third-order valence-corrected chi connectivity index (χ3v) is 3.40. The van der Waals surface area contributed by atoms with E-state index in [1.165, 1.54) is 7.11 Å². The molecule has 0 bridgehead atoms. The normalized spacial score (nSPS) is 21.1. The van der Waals surface area contributed by atoms with Crippen LogP contribution in [0, 0.1) is 5.92 Å². The summed E-state index contributed by atoms with van der Waals surface area (Å²) in [6.45, 7) is 0. The molecule has 0 saturated heterocycles. The van der Waals surface area contributed by atoms with Gasteiger partial charge in [0.2, 0.25) is 0 Å². The van der Waals surface area contributed by atoms with Crippen molar-refractivity contribution in [3.8, 4) is 0 Å². The number of hydrogen-bond acceptors (Lipinski definition) is 5. The molecule has 9 heteroatoms. The van der Waals surface area contributed by atoms with E-state index in [9.17, 15) is 26.4 Å². The van der Waals surface area contributed by atoms with Crippen LogP contribution in [0.5, 0.6) is 0 Å². The largest absolute Gasteiger partial charge is 0.534 e. The summed E-state index contributed by atoms with van der Waals surface area (Å²) >= 11 is 0. The zero-order chi connectivity index (χ0) is 14.0. The van der Waals surface area contributed by atoms with E-state index < -0.39 is 27.5 Å². The van der Waals surface area contributed by atoms with Crippen molar-refractivity contribution in [1.29, 1.82) is 0 Å². The highest BCUT2D eigenvalue weighted by Crippen LogP contribution is 2.31. The van der Waals surface area contributed by atoms with Crippen LogP contribution in [0.1, 0.15) is 19.3 Å². The zero-order valence-electron chi connectivity index (χ0n) is 9.36. The second kappa shape index (κ2) is 5.17. The lowest BCUT2D eigenvalue weighted by atomic mass is 9.93. The number of esters is 1. The predicted molar refractivity (Wildman–Crippen MR) is 53.5 cm³/mol. The van der Waals surface area contributed by atoms with Gasteiger partial charge in [0.05, 0.1) is 13.0 Å². The zero-order valence-corrected chi connectivity index (χ0v) is 10.2. The van der Waals surface area contributed by atoms with Crippen LogP contribution < -0.4 is 0 Å². The van der Waals surface area contributed by atoms with Crippen molar-refractivity contribution < 1.29 is 35.3 Å². The van der Waals surface area contributed by atoms with E-state index in [1.807, 2.05) is 0 Å². The maximum atomic E-state index is 12.0. The van der Waals surface area contributed by atoms with Crippen LogP contribution in [-0.4, -0.2) is 27.0 Å². The second-order valence-electron chi connectivity index (χ2n) is 3.65. The van der Waals surface area contributed by atoms with Crippen molar-refractivity contribution in [2.24, 2.45) is 5.92 Å². The van der Waals surface area contributed by atoms with Gasteiger partial charge in [-0.25, -0.2) is 0 Å². The van der Waals surface area contributed by atoms with Gasteiger partial charge in [-0.15, -0.1) is 0 Å². The van der Waals surface area contributed by atoms with Gasteiger partial charge >= 0.3 is 21.6 Å². The van der Waals surface area contributed by atoms with Gasteiger partial charge in [-0.1, -0.05) is 0 Å². The lowest BCUT2D eigenvalue weighted by molar-refractivity contribution is -0.145. The monoisotopic (exact) mass is 288 g/mol. The molecule has 0 aromatic heterocycles. The molecule has 0 heterocycles. The molecule has 18 heavy (non-hydrogen) atoms. The summed E-state index contributed by atoms with van der Waals surface area (Å²) in [4.78, 5) is 11.1. The molecule has 0 fully saturated rings. The fourth-order valence-corrected chi connectivity index (χ4v) is 1.98. The second-order valence-corrected chi connectivity index (χ2v) is 5.19. The topological polar surface area (TPSA) is 69.7 Å². The van der Waals surface area contributed by atoms with E-state index >= 15 is 0 Å². The fraction of sp³-hybridized carbons (Fsp3) is 0.667. The molecule has 1 aliphatic carbocycles. The Hall–Kier alpha value is -1.25. The SMILES string of the molecule is COC(=O)[C@@H]1CC=C(OS(=O)(=O)C(F)(F)F)CC1. The quantitative estimate of drug-likeness (QED) is 0.449. The standard InChI is InChI=1S/C9H11F3O5S/c1-16-8(13)6-2-4-7(5-3-6)17-18(14,15)9(10,11)12/h4,6H,2-3,5H2,1H3/t6-/m1/s1. The third-order valence-electron chi connectivity index (χ3n) is 2.40. The van der Waals surface area contributed by atoms with Crippen LogP contribution in [0.2, 0.25) is 0 Å². The van der Waals surface area contributed by atoms with E-state index in [0.29, 0.717) is 0 Å². The molecule has 1 atom stereocenters. The summed E-state index contributed by atoms with van der Waals surface area (Å²) in [6.07, 6.45) is 1.38. The van der Waals surface area contributed by atoms with Gasteiger partial charge in [-0.05, 0) is 18.9 Å². The first-order valence-electron chi connectivity index (χ1n) is 4.95.